The standard InChI is InChI=1S/C12H18F2N2O/c1-12(2,3)9-6-16(7-10(13)14)15-11(9)17-8-4-5-8/h6,8,10H,4-5,7H2,1-3H3. The first-order valence-corrected chi connectivity index (χ1v) is 5.89. The quantitative estimate of drug-likeness (QED) is 0.814. The van der Waals surface area contributed by atoms with E-state index >= 15 is 0 Å². The van der Waals surface area contributed by atoms with Gasteiger partial charge in [0, 0.05) is 11.8 Å². The highest BCUT2D eigenvalue weighted by atomic mass is 19.3. The van der Waals surface area contributed by atoms with Crippen molar-refractivity contribution >= 4 is 0 Å². The molecule has 0 atom stereocenters. The van der Waals surface area contributed by atoms with Gasteiger partial charge in [0.1, 0.15) is 12.6 Å². The number of hydrogen-bond acceptors (Lipinski definition) is 2. The molecule has 0 spiro atoms. The number of nitrogens with zero attached hydrogens (tertiary/aromatic N) is 2. The van der Waals surface area contributed by atoms with Crippen molar-refractivity contribution in [1.29, 1.82) is 0 Å². The summed E-state index contributed by atoms with van der Waals surface area (Å²) in [5.41, 5.74) is 0.745. The monoisotopic (exact) mass is 244 g/mol. The zero-order chi connectivity index (χ0) is 12.6. The van der Waals surface area contributed by atoms with Gasteiger partial charge >= 0.3 is 0 Å². The van der Waals surface area contributed by atoms with Crippen molar-refractivity contribution in [2.45, 2.75) is 58.1 Å². The van der Waals surface area contributed by atoms with Crippen molar-refractivity contribution in [3.05, 3.63) is 11.8 Å². The van der Waals surface area contributed by atoms with Gasteiger partial charge in [0.15, 0.2) is 0 Å². The second-order valence-electron chi connectivity index (χ2n) is 5.53. The normalized spacial score (nSPS) is 16.6. The molecule has 1 aromatic heterocycles. The Hall–Kier alpha value is -1.13. The topological polar surface area (TPSA) is 27.1 Å². The summed E-state index contributed by atoms with van der Waals surface area (Å²) in [6, 6.07) is 0. The fourth-order valence-corrected chi connectivity index (χ4v) is 1.58. The second-order valence-corrected chi connectivity index (χ2v) is 5.53. The summed E-state index contributed by atoms with van der Waals surface area (Å²) >= 11 is 0. The van der Waals surface area contributed by atoms with E-state index in [9.17, 15) is 8.78 Å². The van der Waals surface area contributed by atoms with Crippen LogP contribution in [0.4, 0.5) is 8.78 Å². The molecule has 1 aliphatic carbocycles. The lowest BCUT2D eigenvalue weighted by Crippen LogP contribution is -2.12. The van der Waals surface area contributed by atoms with Crippen LogP contribution >= 0.6 is 0 Å². The molecule has 17 heavy (non-hydrogen) atoms. The number of halogens is 2. The van der Waals surface area contributed by atoms with E-state index in [1.165, 1.54) is 4.68 Å². The van der Waals surface area contributed by atoms with Crippen LogP contribution in [-0.2, 0) is 12.0 Å². The summed E-state index contributed by atoms with van der Waals surface area (Å²) in [6.07, 6.45) is 1.57. The fraction of sp³-hybridized carbons (Fsp3) is 0.750. The van der Waals surface area contributed by atoms with E-state index in [2.05, 4.69) is 5.10 Å². The van der Waals surface area contributed by atoms with E-state index in [0.717, 1.165) is 18.4 Å². The molecule has 0 saturated heterocycles. The number of rotatable bonds is 4. The number of hydrogen-bond donors (Lipinski definition) is 0. The Bertz CT molecular complexity index is 392. The first kappa shape index (κ1) is 12.3. The zero-order valence-electron chi connectivity index (χ0n) is 10.4. The van der Waals surface area contributed by atoms with Crippen LogP contribution in [0.15, 0.2) is 6.20 Å². The molecule has 1 aromatic rings. The molecule has 1 saturated carbocycles. The summed E-state index contributed by atoms with van der Waals surface area (Å²) in [5.74, 6) is 0.514. The lowest BCUT2D eigenvalue weighted by molar-refractivity contribution is 0.121. The van der Waals surface area contributed by atoms with Gasteiger partial charge in [-0.2, -0.15) is 0 Å². The van der Waals surface area contributed by atoms with E-state index in [0.29, 0.717) is 5.88 Å². The Labute approximate surface area is 99.8 Å². The van der Waals surface area contributed by atoms with Gasteiger partial charge in [-0.3, -0.25) is 4.68 Å². The van der Waals surface area contributed by atoms with Crippen molar-refractivity contribution in [1.82, 2.24) is 9.78 Å². The van der Waals surface area contributed by atoms with Crippen LogP contribution in [0.3, 0.4) is 0 Å². The molecule has 1 aliphatic rings. The van der Waals surface area contributed by atoms with Crippen molar-refractivity contribution < 1.29 is 13.5 Å². The van der Waals surface area contributed by atoms with Gasteiger partial charge in [-0.05, 0) is 18.3 Å². The summed E-state index contributed by atoms with van der Waals surface area (Å²) in [7, 11) is 0. The van der Waals surface area contributed by atoms with Crippen LogP contribution in [-0.4, -0.2) is 22.3 Å². The molecule has 96 valence electrons. The Morgan fingerprint density at radius 1 is 1.47 bits per heavy atom. The first-order chi connectivity index (χ1) is 7.86. The van der Waals surface area contributed by atoms with Crippen LogP contribution in [0.2, 0.25) is 0 Å². The predicted octanol–water partition coefficient (Wildman–Crippen LogP) is 2.99. The molecule has 0 aliphatic heterocycles. The van der Waals surface area contributed by atoms with Crippen LogP contribution in [0.1, 0.15) is 39.2 Å². The average molecular weight is 244 g/mol. The summed E-state index contributed by atoms with van der Waals surface area (Å²) in [5, 5.41) is 4.11. The van der Waals surface area contributed by atoms with Crippen LogP contribution in [0, 0.1) is 0 Å². The van der Waals surface area contributed by atoms with Gasteiger partial charge in [-0.25, -0.2) is 8.78 Å². The Kier molecular flexibility index (Phi) is 3.10. The van der Waals surface area contributed by atoms with Gasteiger partial charge in [-0.15, -0.1) is 5.10 Å². The number of alkyl halides is 2. The number of aromatic nitrogens is 2. The molecule has 1 fully saturated rings. The van der Waals surface area contributed by atoms with Gasteiger partial charge in [0.2, 0.25) is 5.88 Å². The van der Waals surface area contributed by atoms with Gasteiger partial charge in [-0.1, -0.05) is 20.8 Å². The molecule has 0 N–H and O–H groups in total. The Morgan fingerprint density at radius 3 is 2.59 bits per heavy atom. The minimum absolute atomic E-state index is 0.148. The number of ether oxygens (including phenoxy) is 1. The molecule has 5 heteroatoms. The van der Waals surface area contributed by atoms with E-state index in [1.807, 2.05) is 20.8 Å². The molecule has 2 rings (SSSR count). The highest BCUT2D eigenvalue weighted by Crippen LogP contribution is 2.34. The van der Waals surface area contributed by atoms with E-state index in [1.54, 1.807) is 6.20 Å². The average Bonchev–Trinajstić information content (AvgIpc) is 2.85. The summed E-state index contributed by atoms with van der Waals surface area (Å²) < 4.78 is 31.6. The zero-order valence-corrected chi connectivity index (χ0v) is 10.4. The van der Waals surface area contributed by atoms with Gasteiger partial charge in [0.25, 0.3) is 6.43 Å². The fourth-order valence-electron chi connectivity index (χ4n) is 1.58. The first-order valence-electron chi connectivity index (χ1n) is 5.89. The molecular weight excluding hydrogens is 226 g/mol. The third kappa shape index (κ3) is 3.17. The Morgan fingerprint density at radius 2 is 2.12 bits per heavy atom. The van der Waals surface area contributed by atoms with Crippen molar-refractivity contribution in [3.63, 3.8) is 0 Å². The lowest BCUT2D eigenvalue weighted by Gasteiger charge is -2.17. The summed E-state index contributed by atoms with van der Waals surface area (Å²) in [6.45, 7) is 5.70. The van der Waals surface area contributed by atoms with Crippen LogP contribution in [0.5, 0.6) is 5.88 Å². The highest BCUT2D eigenvalue weighted by Gasteiger charge is 2.29. The molecule has 1 heterocycles. The maximum Gasteiger partial charge on any atom is 0.257 e. The van der Waals surface area contributed by atoms with Crippen molar-refractivity contribution in [2.75, 3.05) is 0 Å². The van der Waals surface area contributed by atoms with Gasteiger partial charge in [0.05, 0.1) is 0 Å². The van der Waals surface area contributed by atoms with Crippen LogP contribution in [0.25, 0.3) is 0 Å². The molecular formula is C12H18F2N2O. The molecule has 0 bridgehead atoms. The maximum atomic E-state index is 12.3. The predicted molar refractivity (Wildman–Crippen MR) is 60.6 cm³/mol. The molecule has 0 unspecified atom stereocenters. The minimum Gasteiger partial charge on any atom is -0.473 e. The highest BCUT2D eigenvalue weighted by molar-refractivity contribution is 5.31. The second kappa shape index (κ2) is 4.27. The smallest absolute Gasteiger partial charge is 0.257 e. The van der Waals surface area contributed by atoms with E-state index in [-0.39, 0.29) is 18.1 Å². The van der Waals surface area contributed by atoms with E-state index < -0.39 is 6.43 Å². The maximum absolute atomic E-state index is 12.3. The van der Waals surface area contributed by atoms with E-state index in [4.69, 9.17) is 4.74 Å². The molecule has 0 amide bonds. The lowest BCUT2D eigenvalue weighted by atomic mass is 9.89. The summed E-state index contributed by atoms with van der Waals surface area (Å²) in [4.78, 5) is 0. The third-order valence-electron chi connectivity index (χ3n) is 2.66. The third-order valence-corrected chi connectivity index (χ3v) is 2.66. The molecule has 3 nitrogen and oxygen atoms in total. The minimum atomic E-state index is -2.39. The van der Waals surface area contributed by atoms with Gasteiger partial charge < -0.3 is 4.74 Å². The largest absolute Gasteiger partial charge is 0.473 e. The Balaban J connectivity index is 2.23. The SMILES string of the molecule is CC(C)(C)c1cn(CC(F)F)nc1OC1CC1. The van der Waals surface area contributed by atoms with Crippen molar-refractivity contribution in [2.24, 2.45) is 0 Å². The van der Waals surface area contributed by atoms with Crippen LogP contribution < -0.4 is 4.74 Å². The molecule has 0 radical (unpaired) electrons. The van der Waals surface area contributed by atoms with Crippen molar-refractivity contribution in [3.8, 4) is 5.88 Å². The molecule has 0 aromatic carbocycles.